The fourth-order valence-electron chi connectivity index (χ4n) is 4.52. The van der Waals surface area contributed by atoms with Gasteiger partial charge in [0.2, 0.25) is 0 Å². The number of amides is 1. The number of piperidine rings is 1. The second-order valence-electron chi connectivity index (χ2n) is 8.94. The number of rotatable bonds is 5. The van der Waals surface area contributed by atoms with E-state index < -0.39 is 11.7 Å². The molecule has 2 aromatic heterocycles. The average molecular weight is 472 g/mol. The van der Waals surface area contributed by atoms with Crippen LogP contribution in [0.25, 0.3) is 11.3 Å². The van der Waals surface area contributed by atoms with Crippen molar-refractivity contribution in [2.75, 3.05) is 18.4 Å². The van der Waals surface area contributed by atoms with E-state index >= 15 is 0 Å². The molecule has 0 aliphatic carbocycles. The molecule has 0 radical (unpaired) electrons. The predicted molar refractivity (Wildman–Crippen MR) is 124 cm³/mol. The molecular weight excluding hydrogens is 443 g/mol. The highest BCUT2D eigenvalue weighted by atomic mass is 19.4. The van der Waals surface area contributed by atoms with Crippen LogP contribution < -0.4 is 5.32 Å². The van der Waals surface area contributed by atoms with Crippen molar-refractivity contribution in [2.45, 2.75) is 38.9 Å². The molecule has 1 saturated heterocycles. The van der Waals surface area contributed by atoms with Crippen LogP contribution in [0.15, 0.2) is 49.1 Å². The van der Waals surface area contributed by atoms with Gasteiger partial charge < -0.3 is 14.8 Å². The van der Waals surface area contributed by atoms with E-state index in [4.69, 9.17) is 0 Å². The number of carbonyl (C=O) groups is 1. The maximum atomic E-state index is 13.8. The third kappa shape index (κ3) is 4.93. The van der Waals surface area contributed by atoms with Crippen LogP contribution in [-0.4, -0.2) is 44.5 Å². The lowest BCUT2D eigenvalue weighted by molar-refractivity contribution is -0.137. The summed E-state index contributed by atoms with van der Waals surface area (Å²) in [6.07, 6.45) is 1.72. The number of alkyl halides is 3. The number of aryl methyl sites for hydroxylation is 2. The van der Waals surface area contributed by atoms with Crippen molar-refractivity contribution < 1.29 is 18.0 Å². The molecule has 1 N–H and O–H groups in total. The number of hydrogen-bond donors (Lipinski definition) is 1. The first-order chi connectivity index (χ1) is 16.1. The number of benzene rings is 1. The summed E-state index contributed by atoms with van der Waals surface area (Å²) >= 11 is 0. The molecule has 1 aliphatic rings. The summed E-state index contributed by atoms with van der Waals surface area (Å²) < 4.78 is 40.4. The van der Waals surface area contributed by atoms with Gasteiger partial charge in [-0.1, -0.05) is 24.6 Å². The Morgan fingerprint density at radius 2 is 2.00 bits per heavy atom. The molecule has 1 aliphatic heterocycles. The molecule has 1 aromatic carbocycles. The van der Waals surface area contributed by atoms with Crippen LogP contribution in [0.1, 0.15) is 41.3 Å². The molecule has 4 rings (SSSR count). The zero-order valence-corrected chi connectivity index (χ0v) is 19.4. The van der Waals surface area contributed by atoms with Gasteiger partial charge in [-0.3, -0.25) is 4.79 Å². The molecule has 2 atom stereocenters. The molecule has 3 aromatic rings. The summed E-state index contributed by atoms with van der Waals surface area (Å²) in [4.78, 5) is 23.8. The number of aromatic nitrogens is 3. The predicted octanol–water partition coefficient (Wildman–Crippen LogP) is 5.16. The van der Waals surface area contributed by atoms with Crippen molar-refractivity contribution in [1.29, 1.82) is 0 Å². The Morgan fingerprint density at radius 1 is 1.21 bits per heavy atom. The van der Waals surface area contributed by atoms with Crippen molar-refractivity contribution in [3.05, 3.63) is 65.7 Å². The number of halogens is 3. The molecule has 0 saturated carbocycles. The van der Waals surface area contributed by atoms with Gasteiger partial charge in [-0.2, -0.15) is 13.2 Å². The molecular formula is C25H28F3N5O. The summed E-state index contributed by atoms with van der Waals surface area (Å²) in [7, 11) is 1.89. The minimum Gasteiger partial charge on any atom is -0.368 e. The third-order valence-electron chi connectivity index (χ3n) is 6.46. The second-order valence-corrected chi connectivity index (χ2v) is 8.94. The molecule has 0 spiro atoms. The van der Waals surface area contributed by atoms with Crippen LogP contribution in [0.2, 0.25) is 0 Å². The van der Waals surface area contributed by atoms with E-state index in [-0.39, 0.29) is 17.9 Å². The Labute approximate surface area is 196 Å². The van der Waals surface area contributed by atoms with E-state index in [1.807, 2.05) is 41.6 Å². The molecule has 6 nitrogen and oxygen atoms in total. The van der Waals surface area contributed by atoms with Gasteiger partial charge in [-0.25, -0.2) is 9.97 Å². The molecule has 1 amide bonds. The number of hydrogen-bond acceptors (Lipinski definition) is 4. The summed E-state index contributed by atoms with van der Waals surface area (Å²) in [6, 6.07) is 8.05. The topological polar surface area (TPSA) is 63.1 Å². The van der Waals surface area contributed by atoms with Gasteiger partial charge >= 0.3 is 6.18 Å². The lowest BCUT2D eigenvalue weighted by Gasteiger charge is -2.40. The van der Waals surface area contributed by atoms with Crippen molar-refractivity contribution in [1.82, 2.24) is 19.4 Å². The Kier molecular flexibility index (Phi) is 6.63. The maximum Gasteiger partial charge on any atom is 0.417 e. The SMILES string of the molecule is Cc1ccc(-c2cncn2C)c(C(=O)N2CCC[C@@H](C)[C@H]2CNc2ccc(C(F)(F)F)cn2)c1. The monoisotopic (exact) mass is 471 g/mol. The molecule has 180 valence electrons. The van der Waals surface area contributed by atoms with Gasteiger partial charge in [0.1, 0.15) is 5.82 Å². The highest BCUT2D eigenvalue weighted by molar-refractivity contribution is 6.01. The minimum absolute atomic E-state index is 0.0568. The first-order valence-electron chi connectivity index (χ1n) is 11.3. The molecule has 9 heteroatoms. The van der Waals surface area contributed by atoms with E-state index in [2.05, 4.69) is 22.2 Å². The summed E-state index contributed by atoms with van der Waals surface area (Å²) in [6.45, 7) is 5.08. The Balaban J connectivity index is 1.58. The third-order valence-corrected chi connectivity index (χ3v) is 6.46. The van der Waals surface area contributed by atoms with Crippen LogP contribution in [0, 0.1) is 12.8 Å². The fourth-order valence-corrected chi connectivity index (χ4v) is 4.52. The van der Waals surface area contributed by atoms with E-state index in [1.165, 1.54) is 6.07 Å². The Bertz CT molecular complexity index is 1160. The van der Waals surface area contributed by atoms with Crippen LogP contribution in [0.4, 0.5) is 19.0 Å². The maximum absolute atomic E-state index is 13.8. The number of carbonyl (C=O) groups excluding carboxylic acids is 1. The Morgan fingerprint density at radius 3 is 2.65 bits per heavy atom. The number of nitrogens with one attached hydrogen (secondary N) is 1. The van der Waals surface area contributed by atoms with Gasteiger partial charge in [0.05, 0.1) is 29.8 Å². The van der Waals surface area contributed by atoms with E-state index in [0.717, 1.165) is 41.9 Å². The highest BCUT2D eigenvalue weighted by Crippen LogP contribution is 2.31. The number of pyridine rings is 1. The Hall–Kier alpha value is -3.36. The van der Waals surface area contributed by atoms with E-state index in [1.54, 1.807) is 12.5 Å². The van der Waals surface area contributed by atoms with Crippen LogP contribution in [0.5, 0.6) is 0 Å². The minimum atomic E-state index is -4.42. The molecule has 1 fully saturated rings. The van der Waals surface area contributed by atoms with Crippen LogP contribution in [0.3, 0.4) is 0 Å². The quantitative estimate of drug-likeness (QED) is 0.558. The smallest absolute Gasteiger partial charge is 0.368 e. The van der Waals surface area contributed by atoms with Gasteiger partial charge in [-0.15, -0.1) is 0 Å². The number of nitrogens with zero attached hydrogens (tertiary/aromatic N) is 4. The van der Waals surface area contributed by atoms with Gasteiger partial charge in [0.25, 0.3) is 5.91 Å². The van der Waals surface area contributed by atoms with E-state index in [9.17, 15) is 18.0 Å². The lowest BCUT2D eigenvalue weighted by atomic mass is 9.89. The largest absolute Gasteiger partial charge is 0.417 e. The zero-order chi connectivity index (χ0) is 24.5. The van der Waals surface area contributed by atoms with Crippen molar-refractivity contribution in [3.63, 3.8) is 0 Å². The average Bonchev–Trinajstić information content (AvgIpc) is 3.23. The van der Waals surface area contributed by atoms with Crippen molar-refractivity contribution >= 4 is 11.7 Å². The lowest BCUT2D eigenvalue weighted by Crippen LogP contribution is -2.51. The summed E-state index contributed by atoms with van der Waals surface area (Å²) in [5.41, 5.74) is 2.50. The summed E-state index contributed by atoms with van der Waals surface area (Å²) in [5.74, 6) is 0.521. The van der Waals surface area contributed by atoms with Gasteiger partial charge in [0, 0.05) is 37.5 Å². The normalized spacial score (nSPS) is 18.7. The van der Waals surface area contributed by atoms with Crippen LogP contribution in [-0.2, 0) is 13.2 Å². The van der Waals surface area contributed by atoms with Gasteiger partial charge in [-0.05, 0) is 43.9 Å². The van der Waals surface area contributed by atoms with Crippen LogP contribution >= 0.6 is 0 Å². The first kappa shape index (κ1) is 23.8. The first-order valence-corrected chi connectivity index (χ1v) is 11.3. The number of anilines is 1. The second kappa shape index (κ2) is 9.48. The molecule has 0 unspecified atom stereocenters. The van der Waals surface area contributed by atoms with Gasteiger partial charge in [0.15, 0.2) is 0 Å². The zero-order valence-electron chi connectivity index (χ0n) is 19.4. The van der Waals surface area contributed by atoms with E-state index in [0.29, 0.717) is 24.5 Å². The molecule has 34 heavy (non-hydrogen) atoms. The van der Waals surface area contributed by atoms with Crippen molar-refractivity contribution in [2.24, 2.45) is 13.0 Å². The summed E-state index contributed by atoms with van der Waals surface area (Å²) in [5, 5.41) is 3.14. The number of imidazole rings is 1. The fraction of sp³-hybridized carbons (Fsp3) is 0.400. The molecule has 3 heterocycles. The number of likely N-dealkylation sites (tertiary alicyclic amines) is 1. The van der Waals surface area contributed by atoms with Crippen molar-refractivity contribution in [3.8, 4) is 11.3 Å². The standard InChI is InChI=1S/C25H28F3N5O/c1-16-6-8-19(22-13-29-15-32(22)3)20(11-16)24(34)33-10-4-5-17(2)21(33)14-31-23-9-7-18(12-30-23)25(26,27)28/h6-9,11-13,15,17,21H,4-5,10,14H2,1-3H3,(H,30,31)/t17-,21-/m1/s1. The molecule has 0 bridgehead atoms. The highest BCUT2D eigenvalue weighted by Gasteiger charge is 2.34.